The molecule has 0 atom stereocenters. The maximum Gasteiger partial charge on any atom is 0.417 e. The summed E-state index contributed by atoms with van der Waals surface area (Å²) in [5.41, 5.74) is 1.07. The van der Waals surface area contributed by atoms with Gasteiger partial charge in [0.1, 0.15) is 11.6 Å². The highest BCUT2D eigenvalue weighted by Gasteiger charge is 2.33. The highest BCUT2D eigenvalue weighted by Crippen LogP contribution is 2.32. The van der Waals surface area contributed by atoms with Crippen molar-refractivity contribution in [3.05, 3.63) is 66.5 Å². The Morgan fingerprint density at radius 3 is 2.11 bits per heavy atom. The van der Waals surface area contributed by atoms with Gasteiger partial charge < -0.3 is 16.0 Å². The van der Waals surface area contributed by atoms with Crippen LogP contribution in [0.3, 0.4) is 0 Å². The molecule has 1 aliphatic carbocycles. The molecule has 3 N–H and O–H groups in total. The van der Waals surface area contributed by atoms with Gasteiger partial charge in [-0.05, 0) is 73.2 Å². The fourth-order valence-corrected chi connectivity index (χ4v) is 6.49. The number of sulfone groups is 1. The van der Waals surface area contributed by atoms with Crippen LogP contribution in [0.25, 0.3) is 11.1 Å². The van der Waals surface area contributed by atoms with E-state index in [0.717, 1.165) is 42.3 Å². The lowest BCUT2D eigenvalue weighted by molar-refractivity contribution is -0.137. The third-order valence-electron chi connectivity index (χ3n) is 6.97. The maximum absolute atomic E-state index is 13.3. The monoisotopic (exact) mass is 531 g/mol. The molecule has 196 valence electrons. The Morgan fingerprint density at radius 1 is 0.811 bits per heavy atom. The van der Waals surface area contributed by atoms with E-state index >= 15 is 0 Å². The molecular weight excluding hydrogens is 503 g/mol. The first-order valence-electron chi connectivity index (χ1n) is 12.3. The Bertz CT molecular complexity index is 1320. The predicted molar refractivity (Wildman–Crippen MR) is 136 cm³/mol. The smallest absolute Gasteiger partial charge is 0.367 e. The zero-order valence-electron chi connectivity index (χ0n) is 20.0. The number of anilines is 2. The van der Waals surface area contributed by atoms with Gasteiger partial charge >= 0.3 is 6.18 Å². The number of nitrogens with zero attached hydrogens (tertiary/aromatic N) is 2. The van der Waals surface area contributed by atoms with Gasteiger partial charge in [0.2, 0.25) is 0 Å². The minimum atomic E-state index is -4.43. The van der Waals surface area contributed by atoms with Crippen LogP contribution in [0.1, 0.15) is 31.2 Å². The second kappa shape index (κ2) is 10.3. The third-order valence-corrected chi connectivity index (χ3v) is 9.24. The van der Waals surface area contributed by atoms with Crippen LogP contribution in [0.2, 0.25) is 0 Å². The molecule has 2 aliphatic rings. The van der Waals surface area contributed by atoms with Gasteiger partial charge in [-0.3, -0.25) is 0 Å². The van der Waals surface area contributed by atoms with Crippen molar-refractivity contribution in [3.8, 4) is 11.1 Å². The lowest BCUT2D eigenvalue weighted by Crippen LogP contribution is -2.51. The molecule has 7 nitrogen and oxygen atoms in total. The SMILES string of the molecule is O=S(=O)(c1ccc(-c2ccnc(NC3CNC3)c2)cc1)C1CCC(Nc2ccc(C(F)(F)F)cn2)CC1. The topological polar surface area (TPSA) is 96.0 Å². The third kappa shape index (κ3) is 5.88. The highest BCUT2D eigenvalue weighted by atomic mass is 32.2. The van der Waals surface area contributed by atoms with Gasteiger partial charge in [0, 0.05) is 31.5 Å². The summed E-state index contributed by atoms with van der Waals surface area (Å²) >= 11 is 0. The quantitative estimate of drug-likeness (QED) is 0.405. The van der Waals surface area contributed by atoms with Crippen LogP contribution in [0, 0.1) is 0 Å². The van der Waals surface area contributed by atoms with Crippen LogP contribution in [0.5, 0.6) is 0 Å². The van der Waals surface area contributed by atoms with E-state index in [1.165, 1.54) is 6.07 Å². The molecule has 0 radical (unpaired) electrons. The number of benzene rings is 1. The van der Waals surface area contributed by atoms with Crippen molar-refractivity contribution < 1.29 is 21.6 Å². The zero-order chi connectivity index (χ0) is 26.0. The Labute approximate surface area is 213 Å². The zero-order valence-corrected chi connectivity index (χ0v) is 20.8. The standard InChI is InChI=1S/C26H28F3N5O2S/c27-26(28,29)19-3-10-24(32-14-19)33-20-4-8-23(9-5-20)37(35,36)22-6-1-17(2-7-22)18-11-12-31-25(13-18)34-21-15-30-16-21/h1-3,6-7,10-14,20-21,23,30H,4-5,8-9,15-16H2,(H,31,34)(H,32,33). The van der Waals surface area contributed by atoms with Gasteiger partial charge in [0.15, 0.2) is 9.84 Å². The summed E-state index contributed by atoms with van der Waals surface area (Å²) in [6.45, 7) is 1.81. The molecule has 0 amide bonds. The Balaban J connectivity index is 1.19. The van der Waals surface area contributed by atoms with Gasteiger partial charge in [-0.25, -0.2) is 18.4 Å². The number of halogens is 3. The molecule has 3 aromatic rings. The van der Waals surface area contributed by atoms with Crippen molar-refractivity contribution in [2.45, 2.75) is 54.1 Å². The summed E-state index contributed by atoms with van der Waals surface area (Å²) in [7, 11) is -3.50. The van der Waals surface area contributed by atoms with E-state index in [9.17, 15) is 21.6 Å². The Hall–Kier alpha value is -3.18. The molecule has 2 aromatic heterocycles. The molecule has 3 heterocycles. The van der Waals surface area contributed by atoms with Crippen molar-refractivity contribution in [3.63, 3.8) is 0 Å². The molecule has 11 heteroatoms. The minimum Gasteiger partial charge on any atom is -0.367 e. The normalized spacial score (nSPS) is 20.7. The summed E-state index contributed by atoms with van der Waals surface area (Å²) in [5.74, 6) is 1.14. The van der Waals surface area contributed by atoms with Gasteiger partial charge in [0.25, 0.3) is 0 Å². The van der Waals surface area contributed by atoms with E-state index in [1.54, 1.807) is 18.3 Å². The van der Waals surface area contributed by atoms with Gasteiger partial charge in [0.05, 0.1) is 21.8 Å². The number of nitrogens with one attached hydrogen (secondary N) is 3. The number of hydrogen-bond acceptors (Lipinski definition) is 7. The molecule has 37 heavy (non-hydrogen) atoms. The van der Waals surface area contributed by atoms with Gasteiger partial charge in [-0.1, -0.05) is 12.1 Å². The largest absolute Gasteiger partial charge is 0.417 e. The number of rotatable bonds is 7. The number of alkyl halides is 3. The second-order valence-electron chi connectivity index (χ2n) is 9.55. The first-order valence-corrected chi connectivity index (χ1v) is 13.8. The van der Waals surface area contributed by atoms with Crippen LogP contribution in [-0.2, 0) is 16.0 Å². The van der Waals surface area contributed by atoms with Gasteiger partial charge in [-0.15, -0.1) is 0 Å². The molecule has 0 unspecified atom stereocenters. The lowest BCUT2D eigenvalue weighted by atomic mass is 9.95. The van der Waals surface area contributed by atoms with Crippen molar-refractivity contribution in [2.75, 3.05) is 23.7 Å². The molecule has 1 aromatic carbocycles. The van der Waals surface area contributed by atoms with Crippen LogP contribution < -0.4 is 16.0 Å². The van der Waals surface area contributed by atoms with E-state index in [4.69, 9.17) is 0 Å². The molecular formula is C26H28F3N5O2S. The van der Waals surface area contributed by atoms with E-state index in [1.807, 2.05) is 24.3 Å². The van der Waals surface area contributed by atoms with Crippen LogP contribution in [-0.4, -0.2) is 48.8 Å². The Kier molecular flexibility index (Phi) is 7.09. The van der Waals surface area contributed by atoms with Crippen molar-refractivity contribution in [1.29, 1.82) is 0 Å². The number of pyridine rings is 2. The second-order valence-corrected chi connectivity index (χ2v) is 11.8. The summed E-state index contributed by atoms with van der Waals surface area (Å²) in [6, 6.07) is 13.4. The molecule has 1 saturated carbocycles. The maximum atomic E-state index is 13.3. The first-order chi connectivity index (χ1) is 17.7. The van der Waals surface area contributed by atoms with Crippen molar-refractivity contribution >= 4 is 21.5 Å². The van der Waals surface area contributed by atoms with E-state index in [2.05, 4.69) is 25.9 Å². The molecule has 0 bridgehead atoms. The van der Waals surface area contributed by atoms with E-state index in [-0.39, 0.29) is 6.04 Å². The highest BCUT2D eigenvalue weighted by molar-refractivity contribution is 7.92. The van der Waals surface area contributed by atoms with Crippen molar-refractivity contribution in [1.82, 2.24) is 15.3 Å². The Morgan fingerprint density at radius 2 is 1.51 bits per heavy atom. The minimum absolute atomic E-state index is 0.0386. The number of hydrogen-bond donors (Lipinski definition) is 3. The summed E-state index contributed by atoms with van der Waals surface area (Å²) < 4.78 is 64.7. The molecule has 1 aliphatic heterocycles. The molecule has 5 rings (SSSR count). The predicted octanol–water partition coefficient (Wildman–Crippen LogP) is 4.74. The van der Waals surface area contributed by atoms with Crippen molar-refractivity contribution in [2.24, 2.45) is 0 Å². The molecule has 0 spiro atoms. The fraction of sp³-hybridized carbons (Fsp3) is 0.385. The summed E-state index contributed by atoms with van der Waals surface area (Å²) in [6.07, 6.45) is 0.234. The van der Waals surface area contributed by atoms with Crippen LogP contribution in [0.15, 0.2) is 65.8 Å². The lowest BCUT2D eigenvalue weighted by Gasteiger charge is -2.29. The van der Waals surface area contributed by atoms with Crippen LogP contribution in [0.4, 0.5) is 24.8 Å². The average molecular weight is 532 g/mol. The summed E-state index contributed by atoms with van der Waals surface area (Å²) in [5, 5.41) is 9.22. The van der Waals surface area contributed by atoms with E-state index < -0.39 is 26.8 Å². The number of aromatic nitrogens is 2. The van der Waals surface area contributed by atoms with Gasteiger partial charge in [-0.2, -0.15) is 13.2 Å². The fourth-order valence-electron chi connectivity index (χ4n) is 4.69. The first kappa shape index (κ1) is 25.5. The van der Waals surface area contributed by atoms with E-state index in [0.29, 0.717) is 42.4 Å². The molecule has 2 fully saturated rings. The van der Waals surface area contributed by atoms with Crippen LogP contribution >= 0.6 is 0 Å². The molecule has 1 saturated heterocycles. The summed E-state index contributed by atoms with van der Waals surface area (Å²) in [4.78, 5) is 8.51. The average Bonchev–Trinajstić information content (AvgIpc) is 2.87.